The summed E-state index contributed by atoms with van der Waals surface area (Å²) in [6, 6.07) is 3.93. The van der Waals surface area contributed by atoms with E-state index in [2.05, 4.69) is 4.99 Å². The van der Waals surface area contributed by atoms with Gasteiger partial charge in [-0.2, -0.15) is 0 Å². The van der Waals surface area contributed by atoms with Crippen LogP contribution in [0.25, 0.3) is 0 Å². The first-order chi connectivity index (χ1) is 10.4. The van der Waals surface area contributed by atoms with E-state index in [4.69, 9.17) is 14.2 Å². The van der Waals surface area contributed by atoms with Crippen molar-refractivity contribution in [1.29, 1.82) is 0 Å². The van der Waals surface area contributed by atoms with Crippen LogP contribution in [0.4, 0.5) is 0 Å². The van der Waals surface area contributed by atoms with Crippen molar-refractivity contribution in [3.05, 3.63) is 23.3 Å². The number of nitrogens with zero attached hydrogens (tertiary/aromatic N) is 1. The molecule has 1 atom stereocenters. The maximum atomic E-state index is 12.8. The fourth-order valence-corrected chi connectivity index (χ4v) is 3.47. The molecular weight excluding hydrogens is 282 g/mol. The third-order valence-electron chi connectivity index (χ3n) is 4.40. The number of hydrogen-bond donors (Lipinski definition) is 0. The lowest BCUT2D eigenvalue weighted by Gasteiger charge is -2.28. The molecule has 0 N–H and O–H groups in total. The Labute approximate surface area is 129 Å². The van der Waals surface area contributed by atoms with Crippen molar-refractivity contribution in [2.45, 2.75) is 39.2 Å². The number of ether oxygens (including phenoxy) is 3. The molecule has 4 rings (SSSR count). The van der Waals surface area contributed by atoms with Crippen LogP contribution in [0.3, 0.4) is 0 Å². The van der Waals surface area contributed by atoms with E-state index in [-0.39, 0.29) is 12.8 Å². The van der Waals surface area contributed by atoms with Gasteiger partial charge in [0.15, 0.2) is 11.5 Å². The van der Waals surface area contributed by atoms with Crippen LogP contribution >= 0.6 is 0 Å². The number of hydrogen-bond acceptors (Lipinski definition) is 5. The Balaban J connectivity index is 1.75. The summed E-state index contributed by atoms with van der Waals surface area (Å²) in [5, 5.41) is 0. The van der Waals surface area contributed by atoms with Gasteiger partial charge in [0, 0.05) is 12.1 Å². The highest BCUT2D eigenvalue weighted by molar-refractivity contribution is 6.20. The molecule has 0 unspecified atom stereocenters. The number of aliphatic imine (C=N–C) groups is 1. The second-order valence-electron chi connectivity index (χ2n) is 7.10. The van der Waals surface area contributed by atoms with Gasteiger partial charge in [0.05, 0.1) is 5.71 Å². The molecule has 1 aromatic carbocycles. The number of benzene rings is 1. The molecule has 0 fully saturated rings. The summed E-state index contributed by atoms with van der Waals surface area (Å²) in [6.07, 6.45) is 1.34. The Kier molecular flexibility index (Phi) is 2.63. The molecule has 5 heteroatoms. The van der Waals surface area contributed by atoms with E-state index in [1.807, 2.05) is 32.9 Å². The van der Waals surface area contributed by atoms with E-state index >= 15 is 0 Å². The highest BCUT2D eigenvalue weighted by Crippen LogP contribution is 2.48. The average molecular weight is 301 g/mol. The molecular formula is C17H19NO4. The minimum absolute atomic E-state index is 0.172. The Morgan fingerprint density at radius 1 is 1.27 bits per heavy atom. The van der Waals surface area contributed by atoms with E-state index in [1.165, 1.54) is 0 Å². The summed E-state index contributed by atoms with van der Waals surface area (Å²) < 4.78 is 16.6. The van der Waals surface area contributed by atoms with Crippen LogP contribution in [0, 0.1) is 5.41 Å². The average Bonchev–Trinajstić information content (AvgIpc) is 3.06. The first-order valence-electron chi connectivity index (χ1n) is 7.60. The predicted octanol–water partition coefficient (Wildman–Crippen LogP) is 2.49. The van der Waals surface area contributed by atoms with Crippen molar-refractivity contribution in [1.82, 2.24) is 0 Å². The Morgan fingerprint density at radius 3 is 2.73 bits per heavy atom. The molecule has 1 aliphatic carbocycles. The summed E-state index contributed by atoms with van der Waals surface area (Å²) in [7, 11) is 0. The number of carbonyl (C=O) groups is 1. The monoisotopic (exact) mass is 301 g/mol. The second-order valence-corrected chi connectivity index (χ2v) is 7.10. The number of fused-ring (bicyclic) bond motifs is 4. The van der Waals surface area contributed by atoms with E-state index in [0.29, 0.717) is 19.4 Å². The summed E-state index contributed by atoms with van der Waals surface area (Å²) in [5.41, 5.74) is 1.82. The molecule has 0 aromatic heterocycles. The van der Waals surface area contributed by atoms with E-state index in [1.54, 1.807) is 0 Å². The first-order valence-corrected chi connectivity index (χ1v) is 7.60. The van der Waals surface area contributed by atoms with Gasteiger partial charge in [-0.3, -0.25) is 9.79 Å². The van der Waals surface area contributed by atoms with Crippen LogP contribution in [0.2, 0.25) is 0 Å². The molecule has 0 bridgehead atoms. The highest BCUT2D eigenvalue weighted by atomic mass is 16.7. The minimum atomic E-state index is -0.634. The van der Waals surface area contributed by atoms with Crippen molar-refractivity contribution in [3.8, 4) is 11.5 Å². The molecule has 0 saturated carbocycles. The van der Waals surface area contributed by atoms with Gasteiger partial charge < -0.3 is 14.2 Å². The maximum Gasteiger partial charge on any atom is 0.319 e. The van der Waals surface area contributed by atoms with Crippen molar-refractivity contribution in [2.24, 2.45) is 10.4 Å². The molecule has 5 nitrogen and oxygen atoms in total. The highest BCUT2D eigenvalue weighted by Gasteiger charge is 2.53. The molecule has 0 saturated heterocycles. The number of carbonyl (C=O) groups excluding carboxylic acids is 1. The minimum Gasteiger partial charge on any atom is -0.459 e. The van der Waals surface area contributed by atoms with Gasteiger partial charge in [0.25, 0.3) is 0 Å². The van der Waals surface area contributed by atoms with Crippen LogP contribution in [-0.4, -0.2) is 30.6 Å². The molecule has 22 heavy (non-hydrogen) atoms. The Morgan fingerprint density at radius 2 is 2.00 bits per heavy atom. The Hall–Kier alpha value is -2.04. The lowest BCUT2D eigenvalue weighted by molar-refractivity contribution is -0.163. The molecule has 0 amide bonds. The molecule has 116 valence electrons. The third-order valence-corrected chi connectivity index (χ3v) is 4.40. The first kappa shape index (κ1) is 13.6. The Bertz CT molecular complexity index is 701. The zero-order chi connectivity index (χ0) is 15.5. The molecule has 0 radical (unpaired) electrons. The van der Waals surface area contributed by atoms with Crippen LogP contribution in [0.1, 0.15) is 38.3 Å². The summed E-state index contributed by atoms with van der Waals surface area (Å²) in [6.45, 7) is 6.60. The molecule has 2 heterocycles. The zero-order valence-corrected chi connectivity index (χ0v) is 13.1. The number of rotatable bonds is 1. The van der Waals surface area contributed by atoms with E-state index < -0.39 is 11.0 Å². The van der Waals surface area contributed by atoms with Gasteiger partial charge in [0.2, 0.25) is 6.79 Å². The van der Waals surface area contributed by atoms with Crippen molar-refractivity contribution in [3.63, 3.8) is 0 Å². The fourth-order valence-electron chi connectivity index (χ4n) is 3.47. The van der Waals surface area contributed by atoms with Crippen molar-refractivity contribution >= 4 is 11.7 Å². The van der Waals surface area contributed by atoms with Crippen LogP contribution in [-0.2, 0) is 16.0 Å². The van der Waals surface area contributed by atoms with E-state index in [9.17, 15) is 4.79 Å². The number of esters is 1. The van der Waals surface area contributed by atoms with Gasteiger partial charge in [-0.25, -0.2) is 0 Å². The largest absolute Gasteiger partial charge is 0.459 e. The zero-order valence-electron chi connectivity index (χ0n) is 13.1. The molecule has 3 aliphatic rings. The lowest BCUT2D eigenvalue weighted by atomic mass is 9.81. The third kappa shape index (κ3) is 1.84. The van der Waals surface area contributed by atoms with Gasteiger partial charge in [0.1, 0.15) is 11.0 Å². The smallest absolute Gasteiger partial charge is 0.319 e. The van der Waals surface area contributed by atoms with E-state index in [0.717, 1.165) is 28.3 Å². The van der Waals surface area contributed by atoms with Crippen LogP contribution in [0.5, 0.6) is 11.5 Å². The fraction of sp³-hybridized carbons (Fsp3) is 0.529. The van der Waals surface area contributed by atoms with Crippen molar-refractivity contribution in [2.75, 3.05) is 13.3 Å². The van der Waals surface area contributed by atoms with Gasteiger partial charge in [-0.15, -0.1) is 0 Å². The summed E-state index contributed by atoms with van der Waals surface area (Å²) in [4.78, 5) is 17.4. The van der Waals surface area contributed by atoms with Crippen LogP contribution in [0.15, 0.2) is 17.1 Å². The summed E-state index contributed by atoms with van der Waals surface area (Å²) >= 11 is 0. The van der Waals surface area contributed by atoms with Gasteiger partial charge in [-0.1, -0.05) is 0 Å². The molecule has 0 spiro atoms. The topological polar surface area (TPSA) is 57.1 Å². The van der Waals surface area contributed by atoms with Crippen molar-refractivity contribution < 1.29 is 19.0 Å². The predicted molar refractivity (Wildman–Crippen MR) is 80.6 cm³/mol. The second kappa shape index (κ2) is 4.24. The normalized spacial score (nSPS) is 24.8. The van der Waals surface area contributed by atoms with Gasteiger partial charge in [-0.05, 0) is 51.3 Å². The SMILES string of the molecule is CC(C)(C)OC(=O)[C@]12CCN=C1c1cc3c(cc1C2)OCO3. The maximum absolute atomic E-state index is 12.8. The lowest BCUT2D eigenvalue weighted by Crippen LogP contribution is -2.40. The molecule has 1 aromatic rings. The quantitative estimate of drug-likeness (QED) is 0.748. The standard InChI is InChI=1S/C17H19NO4/c1-16(2,3)22-15(19)17-4-5-18-14(17)11-7-13-12(20-9-21-13)6-10(11)8-17/h6-7H,4-5,8-9H2,1-3H3/t17-/m0/s1. The summed E-state index contributed by atoms with van der Waals surface area (Å²) in [5.74, 6) is 1.31. The molecule has 2 aliphatic heterocycles. The van der Waals surface area contributed by atoms with Crippen LogP contribution < -0.4 is 9.47 Å². The van der Waals surface area contributed by atoms with Gasteiger partial charge >= 0.3 is 5.97 Å².